The third-order valence-corrected chi connectivity index (χ3v) is 3.72. The van der Waals surface area contributed by atoms with E-state index in [2.05, 4.69) is 13.0 Å². The molecule has 0 aliphatic rings. The molecule has 0 aliphatic carbocycles. The predicted molar refractivity (Wildman–Crippen MR) is 84.8 cm³/mol. The number of aliphatic hydroxyl groups is 1. The van der Waals surface area contributed by atoms with Gasteiger partial charge in [-0.2, -0.15) is 0 Å². The molecule has 1 nitrogen and oxygen atoms in total. The van der Waals surface area contributed by atoms with Gasteiger partial charge in [0.05, 0.1) is 6.10 Å². The Kier molecular flexibility index (Phi) is 6.92. The Morgan fingerprint density at radius 2 is 1.95 bits per heavy atom. The molecule has 0 fully saturated rings. The summed E-state index contributed by atoms with van der Waals surface area (Å²) in [5.74, 6) is 0. The monoisotopic (exact) mass is 300 g/mol. The van der Waals surface area contributed by atoms with Crippen molar-refractivity contribution in [3.63, 3.8) is 0 Å². The van der Waals surface area contributed by atoms with Crippen LogP contribution in [0.3, 0.4) is 0 Å². The number of hydrogen-bond acceptors (Lipinski definition) is 1. The predicted octanol–water partition coefficient (Wildman–Crippen LogP) is 4.99. The number of halogens is 2. The third-order valence-electron chi connectivity index (χ3n) is 3.14. The maximum Gasteiger partial charge on any atom is 0.0778 e. The first-order valence-corrected chi connectivity index (χ1v) is 7.55. The minimum atomic E-state index is -0.585. The highest BCUT2D eigenvalue weighted by molar-refractivity contribution is 6.32. The maximum absolute atomic E-state index is 9.92. The van der Waals surface area contributed by atoms with E-state index in [1.807, 2.05) is 25.1 Å². The first-order chi connectivity index (χ1) is 8.97. The lowest BCUT2D eigenvalue weighted by atomic mass is 9.93. The van der Waals surface area contributed by atoms with Crippen LogP contribution < -0.4 is 0 Å². The van der Waals surface area contributed by atoms with E-state index in [1.54, 1.807) is 6.92 Å². The molecule has 19 heavy (non-hydrogen) atoms. The number of hydrogen-bond donors (Lipinski definition) is 1. The van der Waals surface area contributed by atoms with Gasteiger partial charge < -0.3 is 5.11 Å². The smallest absolute Gasteiger partial charge is 0.0778 e. The summed E-state index contributed by atoms with van der Waals surface area (Å²) in [6.45, 7) is 5.68. The van der Waals surface area contributed by atoms with E-state index in [4.69, 9.17) is 23.2 Å². The van der Waals surface area contributed by atoms with Crippen molar-refractivity contribution >= 4 is 28.8 Å². The lowest BCUT2D eigenvalue weighted by Gasteiger charge is -2.18. The van der Waals surface area contributed by atoms with E-state index in [0.717, 1.165) is 36.0 Å². The SMILES string of the molecule is CCCC(Cl)Cc1ccccc1/C(=C(\C)Cl)C(C)O. The van der Waals surface area contributed by atoms with Crippen molar-refractivity contribution in [3.8, 4) is 0 Å². The lowest BCUT2D eigenvalue weighted by molar-refractivity contribution is 0.253. The summed E-state index contributed by atoms with van der Waals surface area (Å²) in [4.78, 5) is 0. The van der Waals surface area contributed by atoms with Gasteiger partial charge in [-0.05, 0) is 37.8 Å². The normalized spacial score (nSPS) is 15.9. The average molecular weight is 301 g/mol. The molecular weight excluding hydrogens is 279 g/mol. The molecule has 2 atom stereocenters. The standard InChI is InChI=1S/C16H22Cl2O/c1-4-7-14(18)10-13-8-5-6-9-15(13)16(11(2)17)12(3)19/h5-6,8-9,12,14,19H,4,7,10H2,1-3H3/b16-11+. The molecule has 3 heteroatoms. The molecule has 0 saturated carbocycles. The molecule has 0 spiro atoms. The fourth-order valence-electron chi connectivity index (χ4n) is 2.31. The van der Waals surface area contributed by atoms with E-state index in [9.17, 15) is 5.11 Å². The molecule has 1 N–H and O–H groups in total. The average Bonchev–Trinajstić information content (AvgIpc) is 2.31. The number of aliphatic hydroxyl groups excluding tert-OH is 1. The van der Waals surface area contributed by atoms with Gasteiger partial charge >= 0.3 is 0 Å². The minimum Gasteiger partial charge on any atom is -0.389 e. The van der Waals surface area contributed by atoms with Gasteiger partial charge in [0.2, 0.25) is 0 Å². The molecule has 0 aromatic heterocycles. The van der Waals surface area contributed by atoms with Crippen molar-refractivity contribution in [2.45, 2.75) is 51.5 Å². The Balaban J connectivity index is 3.11. The molecule has 1 aromatic carbocycles. The number of alkyl halides is 1. The van der Waals surface area contributed by atoms with Crippen LogP contribution in [-0.2, 0) is 6.42 Å². The van der Waals surface area contributed by atoms with Gasteiger partial charge in [-0.3, -0.25) is 0 Å². The summed E-state index contributed by atoms with van der Waals surface area (Å²) in [5.41, 5.74) is 2.94. The Labute approximate surface area is 126 Å². The van der Waals surface area contributed by atoms with Crippen molar-refractivity contribution in [2.24, 2.45) is 0 Å². The number of allylic oxidation sites excluding steroid dienone is 1. The molecule has 106 valence electrons. The first kappa shape index (κ1) is 16.6. The zero-order chi connectivity index (χ0) is 14.4. The molecule has 2 unspecified atom stereocenters. The topological polar surface area (TPSA) is 20.2 Å². The van der Waals surface area contributed by atoms with Crippen molar-refractivity contribution in [3.05, 3.63) is 40.4 Å². The van der Waals surface area contributed by atoms with Gasteiger partial charge in [0.25, 0.3) is 0 Å². The molecule has 0 bridgehead atoms. The molecule has 0 radical (unpaired) electrons. The van der Waals surface area contributed by atoms with E-state index in [0.29, 0.717) is 5.03 Å². The molecule has 0 heterocycles. The lowest BCUT2D eigenvalue weighted by Crippen LogP contribution is -2.10. The molecule has 0 amide bonds. The molecule has 1 rings (SSSR count). The van der Waals surface area contributed by atoms with Crippen LogP contribution in [0.1, 0.15) is 44.7 Å². The highest BCUT2D eigenvalue weighted by Crippen LogP contribution is 2.29. The third kappa shape index (κ3) is 4.83. The number of rotatable bonds is 6. The summed E-state index contributed by atoms with van der Waals surface area (Å²) in [5, 5.41) is 10.7. The van der Waals surface area contributed by atoms with Gasteiger partial charge in [0.1, 0.15) is 0 Å². The van der Waals surface area contributed by atoms with Gasteiger partial charge in [-0.15, -0.1) is 11.6 Å². The van der Waals surface area contributed by atoms with Gasteiger partial charge in [-0.25, -0.2) is 0 Å². The fourth-order valence-corrected chi connectivity index (χ4v) is 2.96. The molecule has 0 aliphatic heterocycles. The van der Waals surface area contributed by atoms with Crippen LogP contribution in [0.5, 0.6) is 0 Å². The van der Waals surface area contributed by atoms with Crippen LogP contribution >= 0.6 is 23.2 Å². The first-order valence-electron chi connectivity index (χ1n) is 6.74. The maximum atomic E-state index is 9.92. The summed E-state index contributed by atoms with van der Waals surface area (Å²) in [6.07, 6.45) is 2.28. The number of benzene rings is 1. The van der Waals surface area contributed by atoms with E-state index < -0.39 is 6.10 Å². The van der Waals surface area contributed by atoms with Crippen molar-refractivity contribution in [1.82, 2.24) is 0 Å². The summed E-state index contributed by atoms with van der Waals surface area (Å²) in [6, 6.07) is 8.02. The van der Waals surface area contributed by atoms with Crippen LogP contribution in [0.4, 0.5) is 0 Å². The van der Waals surface area contributed by atoms with Gasteiger partial charge in [0.15, 0.2) is 0 Å². The Bertz CT molecular complexity index is 434. The quantitative estimate of drug-likeness (QED) is 0.734. The van der Waals surface area contributed by atoms with Crippen LogP contribution in [0.25, 0.3) is 5.57 Å². The Morgan fingerprint density at radius 3 is 2.47 bits per heavy atom. The fraction of sp³-hybridized carbons (Fsp3) is 0.500. The highest BCUT2D eigenvalue weighted by atomic mass is 35.5. The summed E-state index contributed by atoms with van der Waals surface area (Å²) < 4.78 is 0. The second-order valence-electron chi connectivity index (χ2n) is 4.87. The summed E-state index contributed by atoms with van der Waals surface area (Å²) >= 11 is 12.5. The minimum absolute atomic E-state index is 0.122. The van der Waals surface area contributed by atoms with Crippen LogP contribution in [-0.4, -0.2) is 16.6 Å². The zero-order valence-electron chi connectivity index (χ0n) is 11.8. The van der Waals surface area contributed by atoms with Crippen LogP contribution in [0.2, 0.25) is 0 Å². The van der Waals surface area contributed by atoms with Crippen LogP contribution in [0.15, 0.2) is 29.3 Å². The summed E-state index contributed by atoms with van der Waals surface area (Å²) in [7, 11) is 0. The highest BCUT2D eigenvalue weighted by Gasteiger charge is 2.16. The molecular formula is C16H22Cl2O. The zero-order valence-corrected chi connectivity index (χ0v) is 13.3. The largest absolute Gasteiger partial charge is 0.389 e. The molecule has 0 saturated heterocycles. The second kappa shape index (κ2) is 7.94. The molecule has 1 aromatic rings. The van der Waals surface area contributed by atoms with Gasteiger partial charge in [0, 0.05) is 16.0 Å². The van der Waals surface area contributed by atoms with Crippen LogP contribution in [0, 0.1) is 0 Å². The second-order valence-corrected chi connectivity index (χ2v) is 6.05. The van der Waals surface area contributed by atoms with E-state index in [-0.39, 0.29) is 5.38 Å². The van der Waals surface area contributed by atoms with Crippen molar-refractivity contribution < 1.29 is 5.11 Å². The Morgan fingerprint density at radius 1 is 1.32 bits per heavy atom. The van der Waals surface area contributed by atoms with E-state index >= 15 is 0 Å². The van der Waals surface area contributed by atoms with Crippen molar-refractivity contribution in [1.29, 1.82) is 0 Å². The van der Waals surface area contributed by atoms with Crippen molar-refractivity contribution in [2.75, 3.05) is 0 Å². The Hall–Kier alpha value is -0.500. The van der Waals surface area contributed by atoms with Gasteiger partial charge in [-0.1, -0.05) is 49.2 Å². The van der Waals surface area contributed by atoms with E-state index in [1.165, 1.54) is 0 Å².